The summed E-state index contributed by atoms with van der Waals surface area (Å²) in [7, 11) is 0. The Hall–Kier alpha value is -1.61. The molecule has 0 atom stereocenters. The van der Waals surface area contributed by atoms with E-state index in [1.54, 1.807) is 6.07 Å². The molecule has 0 unspecified atom stereocenters. The highest BCUT2D eigenvalue weighted by atomic mass is 16.3. The third kappa shape index (κ3) is 3.22. The van der Waals surface area contributed by atoms with E-state index in [1.807, 2.05) is 0 Å². The Kier molecular flexibility index (Phi) is 4.06. The van der Waals surface area contributed by atoms with Crippen LogP contribution in [0.4, 0.5) is 0 Å². The predicted molar refractivity (Wildman–Crippen MR) is 50.4 cm³/mol. The van der Waals surface area contributed by atoms with Gasteiger partial charge >= 0.3 is 11.8 Å². The number of aliphatic hydroxyl groups excluding tert-OH is 1. The number of hydrogen-bond donors (Lipinski definition) is 2. The smallest absolute Gasteiger partial charge is 0.311 e. The van der Waals surface area contributed by atoms with Crippen molar-refractivity contribution in [3.05, 3.63) is 0 Å². The van der Waals surface area contributed by atoms with E-state index in [-0.39, 0.29) is 12.6 Å². The van der Waals surface area contributed by atoms with Crippen molar-refractivity contribution < 1.29 is 14.7 Å². The Balaban J connectivity index is 2.40. The van der Waals surface area contributed by atoms with Gasteiger partial charge in [-0.2, -0.15) is 5.26 Å². The van der Waals surface area contributed by atoms with Crippen LogP contribution in [0.25, 0.3) is 0 Å². The molecule has 0 aromatic carbocycles. The van der Waals surface area contributed by atoms with Crippen molar-refractivity contribution in [3.8, 4) is 6.07 Å². The first-order chi connectivity index (χ1) is 7.15. The molecule has 1 fully saturated rings. The number of likely N-dealkylation sites (tertiary alicyclic amines) is 1. The number of nitriles is 1. The monoisotopic (exact) mass is 211 g/mol. The van der Waals surface area contributed by atoms with E-state index >= 15 is 0 Å². The molecule has 1 saturated heterocycles. The lowest BCUT2D eigenvalue weighted by Gasteiger charge is -2.28. The van der Waals surface area contributed by atoms with E-state index in [0.29, 0.717) is 25.9 Å². The van der Waals surface area contributed by atoms with Crippen LogP contribution in [0.5, 0.6) is 0 Å². The van der Waals surface area contributed by atoms with Crippen molar-refractivity contribution in [2.24, 2.45) is 0 Å². The number of hydrogen-bond acceptors (Lipinski definition) is 4. The van der Waals surface area contributed by atoms with Gasteiger partial charge in [0.25, 0.3) is 0 Å². The topological polar surface area (TPSA) is 93.4 Å². The maximum absolute atomic E-state index is 11.4. The van der Waals surface area contributed by atoms with Crippen LogP contribution in [0.3, 0.4) is 0 Å². The van der Waals surface area contributed by atoms with Gasteiger partial charge in [0.15, 0.2) is 0 Å². The molecule has 0 aromatic rings. The SMILES string of the molecule is N#CCNC(=O)C(=O)N1CCC(O)CC1. The van der Waals surface area contributed by atoms with Gasteiger partial charge in [0, 0.05) is 13.1 Å². The van der Waals surface area contributed by atoms with E-state index in [2.05, 4.69) is 5.32 Å². The van der Waals surface area contributed by atoms with Gasteiger partial charge in [-0.05, 0) is 12.8 Å². The third-order valence-electron chi connectivity index (χ3n) is 2.27. The summed E-state index contributed by atoms with van der Waals surface area (Å²) < 4.78 is 0. The number of carbonyl (C=O) groups excluding carboxylic acids is 2. The molecule has 15 heavy (non-hydrogen) atoms. The maximum atomic E-state index is 11.4. The molecule has 1 heterocycles. The van der Waals surface area contributed by atoms with Crippen LogP contribution in [-0.4, -0.2) is 47.6 Å². The Morgan fingerprint density at radius 3 is 2.60 bits per heavy atom. The van der Waals surface area contributed by atoms with Crippen LogP contribution in [0.15, 0.2) is 0 Å². The normalized spacial score (nSPS) is 16.9. The molecule has 1 rings (SSSR count). The molecular weight excluding hydrogens is 198 g/mol. The molecule has 0 aromatic heterocycles. The van der Waals surface area contributed by atoms with Crippen molar-refractivity contribution in [2.75, 3.05) is 19.6 Å². The molecule has 2 N–H and O–H groups in total. The molecule has 0 saturated carbocycles. The number of nitrogens with one attached hydrogen (secondary N) is 1. The van der Waals surface area contributed by atoms with Crippen LogP contribution in [0.2, 0.25) is 0 Å². The van der Waals surface area contributed by atoms with Gasteiger partial charge in [-0.25, -0.2) is 0 Å². The minimum Gasteiger partial charge on any atom is -0.393 e. The van der Waals surface area contributed by atoms with Gasteiger partial charge in [0.2, 0.25) is 0 Å². The molecule has 1 aliphatic heterocycles. The van der Waals surface area contributed by atoms with E-state index in [4.69, 9.17) is 5.26 Å². The Labute approximate surface area is 87.5 Å². The molecule has 0 radical (unpaired) electrons. The highest BCUT2D eigenvalue weighted by Gasteiger charge is 2.25. The fourth-order valence-corrected chi connectivity index (χ4v) is 1.41. The van der Waals surface area contributed by atoms with E-state index in [9.17, 15) is 14.7 Å². The number of piperidine rings is 1. The lowest BCUT2D eigenvalue weighted by molar-refractivity contribution is -0.147. The average Bonchev–Trinajstić information content (AvgIpc) is 2.26. The Morgan fingerprint density at radius 1 is 1.47 bits per heavy atom. The summed E-state index contributed by atoms with van der Waals surface area (Å²) in [5.74, 6) is -1.38. The standard InChI is InChI=1S/C9H13N3O3/c10-3-4-11-8(14)9(15)12-5-1-7(13)2-6-12/h7,13H,1-2,4-6H2,(H,11,14). The Morgan fingerprint density at radius 2 is 2.07 bits per heavy atom. The molecule has 0 bridgehead atoms. The lowest BCUT2D eigenvalue weighted by atomic mass is 10.1. The minimum absolute atomic E-state index is 0.166. The fraction of sp³-hybridized carbons (Fsp3) is 0.667. The van der Waals surface area contributed by atoms with Gasteiger partial charge in [-0.1, -0.05) is 0 Å². The largest absolute Gasteiger partial charge is 0.393 e. The molecule has 1 aliphatic rings. The number of nitrogens with zero attached hydrogens (tertiary/aromatic N) is 2. The lowest BCUT2D eigenvalue weighted by Crippen LogP contribution is -2.47. The second-order valence-corrected chi connectivity index (χ2v) is 3.36. The first-order valence-electron chi connectivity index (χ1n) is 4.77. The van der Waals surface area contributed by atoms with Crippen molar-refractivity contribution in [1.29, 1.82) is 5.26 Å². The van der Waals surface area contributed by atoms with Crippen LogP contribution >= 0.6 is 0 Å². The highest BCUT2D eigenvalue weighted by molar-refractivity contribution is 6.35. The van der Waals surface area contributed by atoms with Crippen molar-refractivity contribution >= 4 is 11.8 Å². The number of carbonyl (C=O) groups is 2. The Bertz CT molecular complexity index is 289. The summed E-state index contributed by atoms with van der Waals surface area (Å²) in [5, 5.41) is 19.6. The second-order valence-electron chi connectivity index (χ2n) is 3.36. The summed E-state index contributed by atoms with van der Waals surface area (Å²) in [4.78, 5) is 24.0. The van der Waals surface area contributed by atoms with E-state index in [0.717, 1.165) is 0 Å². The first-order valence-corrected chi connectivity index (χ1v) is 4.77. The van der Waals surface area contributed by atoms with Gasteiger partial charge in [-0.15, -0.1) is 0 Å². The molecule has 2 amide bonds. The summed E-state index contributed by atoms with van der Waals surface area (Å²) in [6.07, 6.45) is 0.616. The van der Waals surface area contributed by atoms with Gasteiger partial charge in [0.1, 0.15) is 6.54 Å². The first kappa shape index (κ1) is 11.5. The van der Waals surface area contributed by atoms with Gasteiger partial charge in [0.05, 0.1) is 12.2 Å². The molecule has 0 spiro atoms. The molecule has 6 heteroatoms. The average molecular weight is 211 g/mol. The van der Waals surface area contributed by atoms with Gasteiger partial charge in [-0.3, -0.25) is 9.59 Å². The number of aliphatic hydroxyl groups is 1. The van der Waals surface area contributed by atoms with E-state index < -0.39 is 11.8 Å². The van der Waals surface area contributed by atoms with Crippen molar-refractivity contribution in [1.82, 2.24) is 10.2 Å². The quantitative estimate of drug-likeness (QED) is 0.412. The van der Waals surface area contributed by atoms with Crippen LogP contribution in [-0.2, 0) is 9.59 Å². The van der Waals surface area contributed by atoms with Crippen LogP contribution in [0, 0.1) is 11.3 Å². The zero-order chi connectivity index (χ0) is 11.3. The summed E-state index contributed by atoms with van der Waals surface area (Å²) in [6, 6.07) is 1.72. The third-order valence-corrected chi connectivity index (χ3v) is 2.27. The number of rotatable bonds is 1. The molecule has 0 aliphatic carbocycles. The minimum atomic E-state index is -0.757. The molecule has 82 valence electrons. The van der Waals surface area contributed by atoms with E-state index in [1.165, 1.54) is 4.90 Å². The highest BCUT2D eigenvalue weighted by Crippen LogP contribution is 2.09. The maximum Gasteiger partial charge on any atom is 0.311 e. The number of amides is 2. The summed E-state index contributed by atoms with van der Waals surface area (Å²) in [5.41, 5.74) is 0. The van der Waals surface area contributed by atoms with Crippen LogP contribution < -0.4 is 5.32 Å². The molecule has 6 nitrogen and oxygen atoms in total. The fourth-order valence-electron chi connectivity index (χ4n) is 1.41. The zero-order valence-corrected chi connectivity index (χ0v) is 8.27. The van der Waals surface area contributed by atoms with Crippen molar-refractivity contribution in [2.45, 2.75) is 18.9 Å². The molecular formula is C9H13N3O3. The summed E-state index contributed by atoms with van der Waals surface area (Å²) >= 11 is 0. The zero-order valence-electron chi connectivity index (χ0n) is 8.27. The van der Waals surface area contributed by atoms with Crippen LogP contribution in [0.1, 0.15) is 12.8 Å². The predicted octanol–water partition coefficient (Wildman–Crippen LogP) is -1.39. The summed E-state index contributed by atoms with van der Waals surface area (Å²) in [6.45, 7) is 0.612. The van der Waals surface area contributed by atoms with Gasteiger partial charge < -0.3 is 15.3 Å². The second kappa shape index (κ2) is 5.32. The van der Waals surface area contributed by atoms with Crippen molar-refractivity contribution in [3.63, 3.8) is 0 Å².